The van der Waals surface area contributed by atoms with Crippen LogP contribution >= 0.6 is 0 Å². The Hall–Kier alpha value is -2.02. The highest BCUT2D eigenvalue weighted by molar-refractivity contribution is 5.67. The summed E-state index contributed by atoms with van der Waals surface area (Å²) < 4.78 is 5.33. The van der Waals surface area contributed by atoms with Gasteiger partial charge in [0.05, 0.1) is 18.1 Å². The Morgan fingerprint density at radius 3 is 2.60 bits per heavy atom. The summed E-state index contributed by atoms with van der Waals surface area (Å²) in [4.78, 5) is 10.4. The van der Waals surface area contributed by atoms with E-state index < -0.39 is 5.97 Å². The summed E-state index contributed by atoms with van der Waals surface area (Å²) in [6.45, 7) is 1.69. The zero-order valence-corrected chi connectivity index (χ0v) is 8.30. The van der Waals surface area contributed by atoms with Gasteiger partial charge >= 0.3 is 5.97 Å². The van der Waals surface area contributed by atoms with Crippen molar-refractivity contribution in [2.45, 2.75) is 19.4 Å². The average molecular weight is 205 g/mol. The van der Waals surface area contributed by atoms with Crippen molar-refractivity contribution in [3.8, 4) is 11.8 Å². The molecule has 4 heteroatoms. The Balaban J connectivity index is 2.58. The van der Waals surface area contributed by atoms with Crippen LogP contribution in [0.3, 0.4) is 0 Å². The Bertz CT molecular complexity index is 378. The van der Waals surface area contributed by atoms with E-state index in [-0.39, 0.29) is 12.5 Å². The summed E-state index contributed by atoms with van der Waals surface area (Å²) in [7, 11) is 0. The highest BCUT2D eigenvalue weighted by Gasteiger charge is 2.08. The van der Waals surface area contributed by atoms with E-state index >= 15 is 0 Å². The fourth-order valence-corrected chi connectivity index (χ4v) is 1.13. The molecule has 0 aliphatic carbocycles. The molecule has 0 radical (unpaired) electrons. The molecule has 0 aromatic heterocycles. The fourth-order valence-electron chi connectivity index (χ4n) is 1.13. The maximum absolute atomic E-state index is 10.4. The third-order valence-electron chi connectivity index (χ3n) is 1.78. The number of nitriles is 1. The van der Waals surface area contributed by atoms with Crippen LogP contribution in [-0.4, -0.2) is 17.2 Å². The Morgan fingerprint density at radius 1 is 1.53 bits per heavy atom. The standard InChI is InChI=1S/C11H11NO3/c1-8(6-11(13)14)15-10-4-2-9(7-12)3-5-10/h2-5,8H,6H2,1H3,(H,13,14). The number of carboxylic acid groups (broad SMARTS) is 1. The van der Waals surface area contributed by atoms with Gasteiger partial charge in [-0.15, -0.1) is 0 Å². The van der Waals surface area contributed by atoms with Crippen molar-refractivity contribution >= 4 is 5.97 Å². The number of carbonyl (C=O) groups is 1. The van der Waals surface area contributed by atoms with E-state index in [9.17, 15) is 4.79 Å². The number of rotatable bonds is 4. The van der Waals surface area contributed by atoms with Crippen LogP contribution in [0, 0.1) is 11.3 Å². The van der Waals surface area contributed by atoms with Crippen LogP contribution in [0.15, 0.2) is 24.3 Å². The zero-order chi connectivity index (χ0) is 11.3. The van der Waals surface area contributed by atoms with Crippen molar-refractivity contribution in [1.82, 2.24) is 0 Å². The molecule has 0 bridgehead atoms. The van der Waals surface area contributed by atoms with Crippen LogP contribution in [0.4, 0.5) is 0 Å². The molecule has 0 fully saturated rings. The van der Waals surface area contributed by atoms with Crippen molar-refractivity contribution in [1.29, 1.82) is 5.26 Å². The first kappa shape index (κ1) is 11.1. The van der Waals surface area contributed by atoms with Crippen molar-refractivity contribution in [2.75, 3.05) is 0 Å². The van der Waals surface area contributed by atoms with E-state index in [1.54, 1.807) is 31.2 Å². The average Bonchev–Trinajstić information content (AvgIpc) is 2.17. The zero-order valence-electron chi connectivity index (χ0n) is 8.30. The van der Waals surface area contributed by atoms with Crippen LogP contribution in [0.25, 0.3) is 0 Å². The number of hydrogen-bond acceptors (Lipinski definition) is 3. The lowest BCUT2D eigenvalue weighted by molar-refractivity contribution is -0.138. The maximum atomic E-state index is 10.4. The maximum Gasteiger partial charge on any atom is 0.307 e. The fraction of sp³-hybridized carbons (Fsp3) is 0.273. The van der Waals surface area contributed by atoms with Gasteiger partial charge in [-0.05, 0) is 31.2 Å². The van der Waals surface area contributed by atoms with Gasteiger partial charge in [-0.25, -0.2) is 0 Å². The van der Waals surface area contributed by atoms with Gasteiger partial charge < -0.3 is 9.84 Å². The monoisotopic (exact) mass is 205 g/mol. The summed E-state index contributed by atoms with van der Waals surface area (Å²) in [5, 5.41) is 17.1. The van der Waals surface area contributed by atoms with Gasteiger partial charge in [-0.1, -0.05) is 0 Å². The molecule has 0 saturated heterocycles. The van der Waals surface area contributed by atoms with E-state index in [0.29, 0.717) is 11.3 Å². The molecule has 1 N–H and O–H groups in total. The summed E-state index contributed by atoms with van der Waals surface area (Å²) in [6, 6.07) is 8.55. The molecule has 78 valence electrons. The Kier molecular flexibility index (Phi) is 3.69. The number of ether oxygens (including phenoxy) is 1. The number of nitrogens with zero attached hydrogens (tertiary/aromatic N) is 1. The van der Waals surface area contributed by atoms with Gasteiger partial charge in [0, 0.05) is 0 Å². The highest BCUT2D eigenvalue weighted by Crippen LogP contribution is 2.14. The minimum Gasteiger partial charge on any atom is -0.490 e. The van der Waals surface area contributed by atoms with Gasteiger partial charge in [0.1, 0.15) is 11.9 Å². The first-order valence-electron chi connectivity index (χ1n) is 4.50. The van der Waals surface area contributed by atoms with Crippen LogP contribution in [0.5, 0.6) is 5.75 Å². The summed E-state index contributed by atoms with van der Waals surface area (Å²) in [5.41, 5.74) is 0.549. The van der Waals surface area contributed by atoms with Crippen LogP contribution in [0.1, 0.15) is 18.9 Å². The number of benzene rings is 1. The second-order valence-corrected chi connectivity index (χ2v) is 3.16. The van der Waals surface area contributed by atoms with Gasteiger partial charge in [0.2, 0.25) is 0 Å². The smallest absolute Gasteiger partial charge is 0.307 e. The molecule has 1 rings (SSSR count). The van der Waals surface area contributed by atoms with E-state index in [2.05, 4.69) is 0 Å². The van der Waals surface area contributed by atoms with Gasteiger partial charge in [-0.2, -0.15) is 5.26 Å². The quantitative estimate of drug-likeness (QED) is 0.813. The lowest BCUT2D eigenvalue weighted by Gasteiger charge is -2.12. The van der Waals surface area contributed by atoms with Gasteiger partial charge in [0.25, 0.3) is 0 Å². The predicted octanol–water partition coefficient (Wildman–Crippen LogP) is 1.80. The predicted molar refractivity (Wildman–Crippen MR) is 53.5 cm³/mol. The number of hydrogen-bond donors (Lipinski definition) is 1. The summed E-state index contributed by atoms with van der Waals surface area (Å²) in [6.07, 6.45) is -0.421. The molecule has 1 aromatic carbocycles. The Labute approximate surface area is 87.7 Å². The molecule has 0 amide bonds. The minimum absolute atomic E-state index is 0.0417. The minimum atomic E-state index is -0.892. The highest BCUT2D eigenvalue weighted by atomic mass is 16.5. The molecular formula is C11H11NO3. The second-order valence-electron chi connectivity index (χ2n) is 3.16. The third-order valence-corrected chi connectivity index (χ3v) is 1.78. The molecule has 0 saturated carbocycles. The van der Waals surface area contributed by atoms with Crippen molar-refractivity contribution in [2.24, 2.45) is 0 Å². The van der Waals surface area contributed by atoms with Crippen LogP contribution in [0.2, 0.25) is 0 Å². The van der Waals surface area contributed by atoms with E-state index in [0.717, 1.165) is 0 Å². The normalized spacial score (nSPS) is 11.5. The molecule has 0 aliphatic heterocycles. The van der Waals surface area contributed by atoms with Crippen LogP contribution in [-0.2, 0) is 4.79 Å². The molecule has 0 spiro atoms. The molecule has 1 aromatic rings. The Morgan fingerprint density at radius 2 is 2.13 bits per heavy atom. The van der Waals surface area contributed by atoms with Gasteiger partial charge in [0.15, 0.2) is 0 Å². The lowest BCUT2D eigenvalue weighted by atomic mass is 10.2. The second kappa shape index (κ2) is 5.01. The molecule has 0 heterocycles. The van der Waals surface area contributed by atoms with Crippen molar-refractivity contribution < 1.29 is 14.6 Å². The molecular weight excluding hydrogens is 194 g/mol. The summed E-state index contributed by atoms with van der Waals surface area (Å²) in [5.74, 6) is -0.320. The largest absolute Gasteiger partial charge is 0.490 e. The van der Waals surface area contributed by atoms with E-state index in [4.69, 9.17) is 15.1 Å². The topological polar surface area (TPSA) is 70.3 Å². The lowest BCUT2D eigenvalue weighted by Crippen LogP contribution is -2.16. The van der Waals surface area contributed by atoms with E-state index in [1.165, 1.54) is 0 Å². The van der Waals surface area contributed by atoms with Crippen molar-refractivity contribution in [3.05, 3.63) is 29.8 Å². The van der Waals surface area contributed by atoms with E-state index in [1.807, 2.05) is 6.07 Å². The SMILES string of the molecule is CC(CC(=O)O)Oc1ccc(C#N)cc1. The number of aliphatic carboxylic acids is 1. The molecule has 4 nitrogen and oxygen atoms in total. The summed E-state index contributed by atoms with van der Waals surface area (Å²) >= 11 is 0. The van der Waals surface area contributed by atoms with Crippen LogP contribution < -0.4 is 4.74 Å². The molecule has 1 atom stereocenters. The first-order valence-corrected chi connectivity index (χ1v) is 4.50. The first-order chi connectivity index (χ1) is 7.11. The number of carboxylic acids is 1. The molecule has 15 heavy (non-hydrogen) atoms. The van der Waals surface area contributed by atoms with Gasteiger partial charge in [-0.3, -0.25) is 4.79 Å². The molecule has 0 aliphatic rings. The third kappa shape index (κ3) is 3.69. The van der Waals surface area contributed by atoms with Crippen molar-refractivity contribution in [3.63, 3.8) is 0 Å². The molecule has 1 unspecified atom stereocenters.